The van der Waals surface area contributed by atoms with Gasteiger partial charge in [0.2, 0.25) is 0 Å². The first-order chi connectivity index (χ1) is 9.11. The van der Waals surface area contributed by atoms with E-state index in [1.165, 1.54) is 6.07 Å². The van der Waals surface area contributed by atoms with Crippen LogP contribution in [0.2, 0.25) is 0 Å². The van der Waals surface area contributed by atoms with Crippen LogP contribution in [0.3, 0.4) is 0 Å². The van der Waals surface area contributed by atoms with Crippen molar-refractivity contribution in [3.05, 3.63) is 36.0 Å². The Morgan fingerprint density at radius 3 is 2.89 bits per heavy atom. The van der Waals surface area contributed by atoms with Gasteiger partial charge in [0.15, 0.2) is 11.5 Å². The lowest BCUT2D eigenvalue weighted by atomic mass is 10.1. The van der Waals surface area contributed by atoms with Crippen molar-refractivity contribution in [3.8, 4) is 17.1 Å². The molecule has 1 aromatic heterocycles. The molecule has 2 rings (SSSR count). The predicted octanol–water partition coefficient (Wildman–Crippen LogP) is 2.58. The normalized spacial score (nSPS) is 12.1. The van der Waals surface area contributed by atoms with Crippen LogP contribution in [0.5, 0.6) is 5.75 Å². The lowest BCUT2D eigenvalue weighted by Gasteiger charge is -2.08. The number of carbonyl (C=O) groups excluding carboxylic acids is 1. The Labute approximate surface area is 111 Å². The second-order valence-corrected chi connectivity index (χ2v) is 4.38. The molecule has 0 aliphatic rings. The number of nitrogens with one attached hydrogen (secondary N) is 1. The van der Waals surface area contributed by atoms with Gasteiger partial charge in [0.05, 0.1) is 5.56 Å². The Balaban J connectivity index is 2.20. The molecule has 1 aromatic carbocycles. The fraction of sp³-hybridized carbons (Fsp3) is 0.286. The van der Waals surface area contributed by atoms with Crippen LogP contribution in [-0.4, -0.2) is 22.2 Å². The number of para-hydroxylation sites is 1. The average molecular weight is 260 g/mol. The van der Waals surface area contributed by atoms with Gasteiger partial charge in [-0.15, -0.1) is 0 Å². The van der Waals surface area contributed by atoms with Crippen molar-refractivity contribution in [2.45, 2.75) is 26.3 Å². The second kappa shape index (κ2) is 5.56. The van der Waals surface area contributed by atoms with Gasteiger partial charge in [-0.25, -0.2) is 0 Å². The summed E-state index contributed by atoms with van der Waals surface area (Å²) in [4.78, 5) is 11.8. The van der Waals surface area contributed by atoms with E-state index in [4.69, 9.17) is 4.52 Å². The van der Waals surface area contributed by atoms with E-state index in [2.05, 4.69) is 10.5 Å². The standard InChI is InChI=1S/C14H16N2O3/c1-3-9(2)15-14(18)11-8-13(19-16-11)10-6-4-5-7-12(10)17/h4-9,17H,3H2,1-2H3,(H,15,18). The Kier molecular flexibility index (Phi) is 3.85. The van der Waals surface area contributed by atoms with E-state index in [1.807, 2.05) is 13.8 Å². The fourth-order valence-electron chi connectivity index (χ4n) is 1.59. The van der Waals surface area contributed by atoms with Gasteiger partial charge in [0.1, 0.15) is 5.75 Å². The summed E-state index contributed by atoms with van der Waals surface area (Å²) in [5.41, 5.74) is 0.719. The summed E-state index contributed by atoms with van der Waals surface area (Å²) in [6.07, 6.45) is 0.843. The van der Waals surface area contributed by atoms with Crippen LogP contribution in [0, 0.1) is 0 Å². The van der Waals surface area contributed by atoms with Crippen LogP contribution in [-0.2, 0) is 0 Å². The lowest BCUT2D eigenvalue weighted by Crippen LogP contribution is -2.32. The number of aromatic hydroxyl groups is 1. The zero-order valence-electron chi connectivity index (χ0n) is 10.9. The van der Waals surface area contributed by atoms with Gasteiger partial charge in [-0.05, 0) is 25.5 Å². The zero-order valence-corrected chi connectivity index (χ0v) is 10.9. The van der Waals surface area contributed by atoms with Gasteiger partial charge in [-0.3, -0.25) is 4.79 Å². The van der Waals surface area contributed by atoms with Crippen molar-refractivity contribution >= 4 is 5.91 Å². The Morgan fingerprint density at radius 1 is 1.47 bits per heavy atom. The average Bonchev–Trinajstić information content (AvgIpc) is 2.88. The molecule has 2 aromatic rings. The van der Waals surface area contributed by atoms with Crippen LogP contribution in [0.25, 0.3) is 11.3 Å². The van der Waals surface area contributed by atoms with Crippen molar-refractivity contribution in [1.29, 1.82) is 0 Å². The van der Waals surface area contributed by atoms with E-state index in [9.17, 15) is 9.90 Å². The second-order valence-electron chi connectivity index (χ2n) is 4.38. The SMILES string of the molecule is CCC(C)NC(=O)c1cc(-c2ccccc2O)on1. The molecule has 1 atom stereocenters. The largest absolute Gasteiger partial charge is 0.507 e. The molecule has 0 saturated carbocycles. The number of amides is 1. The monoisotopic (exact) mass is 260 g/mol. The number of phenolic OH excluding ortho intramolecular Hbond substituents is 1. The van der Waals surface area contributed by atoms with Crippen LogP contribution in [0.15, 0.2) is 34.9 Å². The molecule has 100 valence electrons. The molecule has 2 N–H and O–H groups in total. The maximum atomic E-state index is 11.8. The summed E-state index contributed by atoms with van der Waals surface area (Å²) in [6, 6.07) is 8.34. The van der Waals surface area contributed by atoms with Crippen LogP contribution in [0.1, 0.15) is 30.8 Å². The molecule has 0 bridgehead atoms. The quantitative estimate of drug-likeness (QED) is 0.885. The van der Waals surface area contributed by atoms with Crippen LogP contribution >= 0.6 is 0 Å². The smallest absolute Gasteiger partial charge is 0.273 e. The first kappa shape index (κ1) is 13.1. The van der Waals surface area contributed by atoms with Crippen molar-refractivity contribution in [2.75, 3.05) is 0 Å². The van der Waals surface area contributed by atoms with Crippen molar-refractivity contribution in [3.63, 3.8) is 0 Å². The predicted molar refractivity (Wildman–Crippen MR) is 70.8 cm³/mol. The zero-order chi connectivity index (χ0) is 13.8. The van der Waals surface area contributed by atoms with Gasteiger partial charge in [0.25, 0.3) is 5.91 Å². The minimum absolute atomic E-state index is 0.0813. The number of rotatable bonds is 4. The minimum atomic E-state index is -0.278. The molecule has 1 unspecified atom stereocenters. The van der Waals surface area contributed by atoms with Gasteiger partial charge in [-0.2, -0.15) is 0 Å². The van der Waals surface area contributed by atoms with Gasteiger partial charge >= 0.3 is 0 Å². The van der Waals surface area contributed by atoms with Crippen molar-refractivity contribution < 1.29 is 14.4 Å². The highest BCUT2D eigenvalue weighted by Crippen LogP contribution is 2.28. The van der Waals surface area contributed by atoms with E-state index in [-0.39, 0.29) is 23.4 Å². The number of aromatic nitrogens is 1. The molecule has 0 radical (unpaired) electrons. The van der Waals surface area contributed by atoms with E-state index < -0.39 is 0 Å². The molecule has 1 heterocycles. The van der Waals surface area contributed by atoms with Gasteiger partial charge in [0, 0.05) is 12.1 Å². The summed E-state index contributed by atoms with van der Waals surface area (Å²) in [5.74, 6) is 0.180. The summed E-state index contributed by atoms with van der Waals surface area (Å²) in [6.45, 7) is 3.91. The van der Waals surface area contributed by atoms with E-state index in [0.717, 1.165) is 6.42 Å². The molecule has 0 aliphatic carbocycles. The first-order valence-electron chi connectivity index (χ1n) is 6.17. The fourth-order valence-corrected chi connectivity index (χ4v) is 1.59. The highest BCUT2D eigenvalue weighted by atomic mass is 16.5. The number of nitrogens with zero attached hydrogens (tertiary/aromatic N) is 1. The maximum absolute atomic E-state index is 11.8. The van der Waals surface area contributed by atoms with Gasteiger partial charge < -0.3 is 14.9 Å². The van der Waals surface area contributed by atoms with E-state index in [1.54, 1.807) is 24.3 Å². The van der Waals surface area contributed by atoms with E-state index in [0.29, 0.717) is 11.3 Å². The summed E-state index contributed by atoms with van der Waals surface area (Å²) in [5, 5.41) is 16.2. The summed E-state index contributed by atoms with van der Waals surface area (Å²) >= 11 is 0. The molecule has 0 fully saturated rings. The highest BCUT2D eigenvalue weighted by Gasteiger charge is 2.16. The molecule has 0 aliphatic heterocycles. The third-order valence-corrected chi connectivity index (χ3v) is 2.90. The third kappa shape index (κ3) is 2.93. The number of carbonyl (C=O) groups is 1. The van der Waals surface area contributed by atoms with Gasteiger partial charge in [-0.1, -0.05) is 24.2 Å². The number of phenols is 1. The lowest BCUT2D eigenvalue weighted by molar-refractivity contribution is 0.0930. The van der Waals surface area contributed by atoms with Crippen LogP contribution < -0.4 is 5.32 Å². The highest BCUT2D eigenvalue weighted by molar-refractivity contribution is 5.93. The molecular weight excluding hydrogens is 244 g/mol. The Hall–Kier alpha value is -2.30. The molecule has 19 heavy (non-hydrogen) atoms. The van der Waals surface area contributed by atoms with Crippen molar-refractivity contribution in [2.24, 2.45) is 0 Å². The summed E-state index contributed by atoms with van der Waals surface area (Å²) in [7, 11) is 0. The molecule has 0 saturated heterocycles. The van der Waals surface area contributed by atoms with E-state index >= 15 is 0 Å². The molecule has 5 nitrogen and oxygen atoms in total. The molecule has 5 heteroatoms. The minimum Gasteiger partial charge on any atom is -0.507 e. The topological polar surface area (TPSA) is 75.4 Å². The number of benzene rings is 1. The maximum Gasteiger partial charge on any atom is 0.273 e. The molecule has 0 spiro atoms. The van der Waals surface area contributed by atoms with Crippen molar-refractivity contribution in [1.82, 2.24) is 10.5 Å². The third-order valence-electron chi connectivity index (χ3n) is 2.90. The molecular formula is C14H16N2O3. The Morgan fingerprint density at radius 2 is 2.21 bits per heavy atom. The first-order valence-corrected chi connectivity index (χ1v) is 6.17. The number of hydrogen-bond donors (Lipinski definition) is 2. The molecule has 1 amide bonds. The van der Waals surface area contributed by atoms with Crippen LogP contribution in [0.4, 0.5) is 0 Å². The Bertz CT molecular complexity index is 578. The summed E-state index contributed by atoms with van der Waals surface area (Å²) < 4.78 is 5.10. The number of hydrogen-bond acceptors (Lipinski definition) is 4.